The summed E-state index contributed by atoms with van der Waals surface area (Å²) in [4.78, 5) is 27.8. The predicted molar refractivity (Wildman–Crippen MR) is 88.1 cm³/mol. The first-order valence-corrected chi connectivity index (χ1v) is 7.80. The molecule has 1 unspecified atom stereocenters. The number of benzene rings is 1. The number of hydrogen-bond donors (Lipinski definition) is 2. The maximum Gasteiger partial charge on any atom is 0.308 e. The molecule has 1 aromatic heterocycles. The highest BCUT2D eigenvalue weighted by molar-refractivity contribution is 5.81. The van der Waals surface area contributed by atoms with E-state index >= 15 is 0 Å². The minimum absolute atomic E-state index is 0.139. The molecular weight excluding hydrogens is 294 g/mol. The molecule has 0 saturated heterocycles. The molecule has 0 fully saturated rings. The van der Waals surface area contributed by atoms with Crippen LogP contribution in [0, 0.1) is 18.8 Å². The van der Waals surface area contributed by atoms with Crippen molar-refractivity contribution in [3.8, 4) is 0 Å². The lowest BCUT2D eigenvalue weighted by Crippen LogP contribution is -2.35. The Bertz CT molecular complexity index is 706. The maximum atomic E-state index is 12.2. The molecule has 6 nitrogen and oxygen atoms in total. The van der Waals surface area contributed by atoms with Gasteiger partial charge in [-0.1, -0.05) is 26.0 Å². The van der Waals surface area contributed by atoms with E-state index in [1.807, 2.05) is 49.6 Å². The lowest BCUT2D eigenvalue weighted by molar-refractivity contribution is -0.142. The number of amides is 1. The SMILES string of the molecule is Cc1nc2ccccc2n1CC(=O)NCC(CC(C)C)C(=O)O. The number of rotatable bonds is 7. The third-order valence-corrected chi connectivity index (χ3v) is 3.80. The molecule has 1 amide bonds. The fourth-order valence-electron chi connectivity index (χ4n) is 2.67. The van der Waals surface area contributed by atoms with Gasteiger partial charge in [0.25, 0.3) is 0 Å². The van der Waals surface area contributed by atoms with Gasteiger partial charge in [0.15, 0.2) is 0 Å². The molecule has 1 aromatic carbocycles. The topological polar surface area (TPSA) is 84.2 Å². The van der Waals surface area contributed by atoms with Crippen LogP contribution in [0.25, 0.3) is 11.0 Å². The first kappa shape index (κ1) is 17.0. The van der Waals surface area contributed by atoms with Gasteiger partial charge in [-0.05, 0) is 31.4 Å². The summed E-state index contributed by atoms with van der Waals surface area (Å²) in [5.41, 5.74) is 1.75. The molecule has 0 spiro atoms. The second kappa shape index (κ2) is 7.26. The van der Waals surface area contributed by atoms with Crippen molar-refractivity contribution in [2.24, 2.45) is 11.8 Å². The summed E-state index contributed by atoms with van der Waals surface area (Å²) in [6.45, 7) is 6.09. The Morgan fingerprint density at radius 1 is 1.30 bits per heavy atom. The Morgan fingerprint density at radius 3 is 2.65 bits per heavy atom. The minimum atomic E-state index is -0.872. The molecule has 1 heterocycles. The molecule has 0 radical (unpaired) electrons. The van der Waals surface area contributed by atoms with Crippen molar-refractivity contribution in [3.63, 3.8) is 0 Å². The van der Waals surface area contributed by atoms with Crippen LogP contribution >= 0.6 is 0 Å². The number of imidazole rings is 1. The number of para-hydroxylation sites is 2. The van der Waals surface area contributed by atoms with Crippen LogP contribution in [0.4, 0.5) is 0 Å². The summed E-state index contributed by atoms with van der Waals surface area (Å²) in [5.74, 6) is -0.597. The van der Waals surface area contributed by atoms with Crippen LogP contribution in [0.2, 0.25) is 0 Å². The van der Waals surface area contributed by atoms with Gasteiger partial charge in [-0.15, -0.1) is 0 Å². The molecule has 0 saturated carbocycles. The van der Waals surface area contributed by atoms with Crippen LogP contribution in [0.3, 0.4) is 0 Å². The summed E-state index contributed by atoms with van der Waals surface area (Å²) in [7, 11) is 0. The molecule has 0 aliphatic rings. The molecule has 2 rings (SSSR count). The van der Waals surface area contributed by atoms with Crippen molar-refractivity contribution < 1.29 is 14.7 Å². The number of aryl methyl sites for hydroxylation is 1. The molecule has 1 atom stereocenters. The van der Waals surface area contributed by atoms with E-state index in [0.717, 1.165) is 16.9 Å². The van der Waals surface area contributed by atoms with E-state index in [1.165, 1.54) is 0 Å². The first-order chi connectivity index (χ1) is 10.9. The average Bonchev–Trinajstić information content (AvgIpc) is 2.79. The van der Waals surface area contributed by atoms with Crippen LogP contribution in [-0.2, 0) is 16.1 Å². The van der Waals surface area contributed by atoms with E-state index in [2.05, 4.69) is 10.3 Å². The van der Waals surface area contributed by atoms with E-state index in [9.17, 15) is 14.7 Å². The predicted octanol–water partition coefficient (Wildman–Crippen LogP) is 2.21. The van der Waals surface area contributed by atoms with Crippen LogP contribution in [0.5, 0.6) is 0 Å². The van der Waals surface area contributed by atoms with E-state index in [1.54, 1.807) is 0 Å². The Morgan fingerprint density at radius 2 is 2.00 bits per heavy atom. The van der Waals surface area contributed by atoms with Crippen molar-refractivity contribution in [2.45, 2.75) is 33.7 Å². The van der Waals surface area contributed by atoms with Crippen molar-refractivity contribution in [2.75, 3.05) is 6.54 Å². The van der Waals surface area contributed by atoms with Crippen molar-refractivity contribution in [1.82, 2.24) is 14.9 Å². The zero-order valence-corrected chi connectivity index (χ0v) is 13.7. The van der Waals surface area contributed by atoms with Crippen molar-refractivity contribution >= 4 is 22.9 Å². The third-order valence-electron chi connectivity index (χ3n) is 3.80. The van der Waals surface area contributed by atoms with Gasteiger partial charge in [0.05, 0.1) is 17.0 Å². The largest absolute Gasteiger partial charge is 0.481 e. The lowest BCUT2D eigenvalue weighted by atomic mass is 9.97. The first-order valence-electron chi connectivity index (χ1n) is 7.80. The van der Waals surface area contributed by atoms with E-state index in [0.29, 0.717) is 6.42 Å². The second-order valence-corrected chi connectivity index (χ2v) is 6.20. The minimum Gasteiger partial charge on any atom is -0.481 e. The zero-order valence-electron chi connectivity index (χ0n) is 13.7. The molecule has 23 heavy (non-hydrogen) atoms. The van der Waals surface area contributed by atoms with Gasteiger partial charge in [0.2, 0.25) is 5.91 Å². The van der Waals surface area contributed by atoms with Gasteiger partial charge in [-0.2, -0.15) is 0 Å². The number of aromatic nitrogens is 2. The number of carbonyl (C=O) groups excluding carboxylic acids is 1. The highest BCUT2D eigenvalue weighted by Gasteiger charge is 2.20. The van der Waals surface area contributed by atoms with Gasteiger partial charge in [-0.25, -0.2) is 4.98 Å². The highest BCUT2D eigenvalue weighted by Crippen LogP contribution is 2.15. The van der Waals surface area contributed by atoms with Crippen LogP contribution in [0.15, 0.2) is 24.3 Å². The van der Waals surface area contributed by atoms with E-state index in [4.69, 9.17) is 0 Å². The monoisotopic (exact) mass is 317 g/mol. The quantitative estimate of drug-likeness (QED) is 0.820. The molecule has 0 bridgehead atoms. The number of nitrogens with zero attached hydrogens (tertiary/aromatic N) is 2. The Hall–Kier alpha value is -2.37. The molecule has 0 aliphatic carbocycles. The number of hydrogen-bond acceptors (Lipinski definition) is 3. The summed E-state index contributed by atoms with van der Waals surface area (Å²) < 4.78 is 1.84. The number of nitrogens with one attached hydrogen (secondary N) is 1. The fourth-order valence-corrected chi connectivity index (χ4v) is 2.67. The standard InChI is InChI=1S/C17H23N3O3/c1-11(2)8-13(17(22)23)9-18-16(21)10-20-12(3)19-14-6-4-5-7-15(14)20/h4-7,11,13H,8-10H2,1-3H3,(H,18,21)(H,22,23). The summed E-state index contributed by atoms with van der Waals surface area (Å²) >= 11 is 0. The van der Waals surface area contributed by atoms with Crippen LogP contribution in [0.1, 0.15) is 26.1 Å². The number of aliphatic carboxylic acids is 1. The van der Waals surface area contributed by atoms with Gasteiger partial charge in [0.1, 0.15) is 12.4 Å². The van der Waals surface area contributed by atoms with Gasteiger partial charge in [-0.3, -0.25) is 9.59 Å². The molecule has 124 valence electrons. The maximum absolute atomic E-state index is 12.2. The highest BCUT2D eigenvalue weighted by atomic mass is 16.4. The van der Waals surface area contributed by atoms with Gasteiger partial charge < -0.3 is 15.0 Å². The number of carbonyl (C=O) groups is 2. The van der Waals surface area contributed by atoms with Crippen LogP contribution in [-0.4, -0.2) is 33.1 Å². The van der Waals surface area contributed by atoms with E-state index in [-0.39, 0.29) is 24.9 Å². The molecular formula is C17H23N3O3. The molecule has 0 aliphatic heterocycles. The summed E-state index contributed by atoms with van der Waals surface area (Å²) in [5, 5.41) is 11.9. The Labute approximate surface area is 135 Å². The smallest absolute Gasteiger partial charge is 0.308 e. The Balaban J connectivity index is 2.01. The summed E-state index contributed by atoms with van der Waals surface area (Å²) in [6.07, 6.45) is 0.544. The summed E-state index contributed by atoms with van der Waals surface area (Å²) in [6, 6.07) is 7.63. The fraction of sp³-hybridized carbons (Fsp3) is 0.471. The second-order valence-electron chi connectivity index (χ2n) is 6.20. The molecule has 2 N–H and O–H groups in total. The lowest BCUT2D eigenvalue weighted by Gasteiger charge is -2.16. The molecule has 2 aromatic rings. The van der Waals surface area contributed by atoms with Crippen molar-refractivity contribution in [3.05, 3.63) is 30.1 Å². The number of fused-ring (bicyclic) bond motifs is 1. The molecule has 6 heteroatoms. The van der Waals surface area contributed by atoms with Crippen LogP contribution < -0.4 is 5.32 Å². The zero-order chi connectivity index (χ0) is 17.0. The van der Waals surface area contributed by atoms with Gasteiger partial charge in [0, 0.05) is 6.54 Å². The van der Waals surface area contributed by atoms with E-state index < -0.39 is 11.9 Å². The van der Waals surface area contributed by atoms with Crippen molar-refractivity contribution in [1.29, 1.82) is 0 Å². The normalized spacial score (nSPS) is 12.5. The van der Waals surface area contributed by atoms with Gasteiger partial charge >= 0.3 is 5.97 Å². The number of carboxylic acids is 1. The average molecular weight is 317 g/mol. The third kappa shape index (κ3) is 4.31. The Kier molecular flexibility index (Phi) is 5.36. The number of carboxylic acid groups (broad SMARTS) is 1.